The fourth-order valence-corrected chi connectivity index (χ4v) is 3.02. The van der Waals surface area contributed by atoms with E-state index in [-0.39, 0.29) is 0 Å². The molecule has 0 atom stereocenters. The van der Waals surface area contributed by atoms with Crippen molar-refractivity contribution in [3.63, 3.8) is 0 Å². The topological polar surface area (TPSA) is 69.6 Å². The lowest BCUT2D eigenvalue weighted by Crippen LogP contribution is -1.98. The third kappa shape index (κ3) is 2.34. The second-order valence-corrected chi connectivity index (χ2v) is 5.57. The monoisotopic (exact) mass is 285 g/mol. The second kappa shape index (κ2) is 5.13. The highest BCUT2D eigenvalue weighted by Crippen LogP contribution is 2.26. The SMILES string of the molecule is Cc1cc(CSc2nnc(N)n2C)c2ccccc2n1. The molecule has 3 rings (SSSR count). The maximum Gasteiger partial charge on any atom is 0.222 e. The van der Waals surface area contributed by atoms with Gasteiger partial charge in [0.25, 0.3) is 0 Å². The molecule has 3 aromatic rings. The van der Waals surface area contributed by atoms with Crippen LogP contribution in [0.4, 0.5) is 5.95 Å². The number of hydrogen-bond acceptors (Lipinski definition) is 5. The van der Waals surface area contributed by atoms with Crippen LogP contribution in [0.3, 0.4) is 0 Å². The summed E-state index contributed by atoms with van der Waals surface area (Å²) in [5.74, 6) is 1.25. The zero-order valence-electron chi connectivity index (χ0n) is 11.4. The van der Waals surface area contributed by atoms with E-state index < -0.39 is 0 Å². The number of anilines is 1. The van der Waals surface area contributed by atoms with Crippen molar-refractivity contribution in [1.82, 2.24) is 19.7 Å². The maximum atomic E-state index is 5.69. The van der Waals surface area contributed by atoms with Crippen LogP contribution >= 0.6 is 11.8 Å². The van der Waals surface area contributed by atoms with Crippen LogP contribution in [0.1, 0.15) is 11.3 Å². The molecule has 0 spiro atoms. The highest BCUT2D eigenvalue weighted by molar-refractivity contribution is 7.98. The quantitative estimate of drug-likeness (QED) is 0.749. The smallest absolute Gasteiger partial charge is 0.222 e. The molecule has 1 aromatic carbocycles. The van der Waals surface area contributed by atoms with Gasteiger partial charge < -0.3 is 5.73 Å². The summed E-state index contributed by atoms with van der Waals surface area (Å²) in [6, 6.07) is 10.3. The number of nitrogen functional groups attached to an aromatic ring is 1. The molecule has 6 heteroatoms. The van der Waals surface area contributed by atoms with Crippen molar-refractivity contribution >= 4 is 28.6 Å². The van der Waals surface area contributed by atoms with Gasteiger partial charge in [0.15, 0.2) is 5.16 Å². The van der Waals surface area contributed by atoms with Crippen LogP contribution < -0.4 is 5.73 Å². The van der Waals surface area contributed by atoms with Crippen molar-refractivity contribution in [1.29, 1.82) is 0 Å². The number of nitrogens with zero attached hydrogens (tertiary/aromatic N) is 4. The Morgan fingerprint density at radius 1 is 1.25 bits per heavy atom. The first kappa shape index (κ1) is 12.9. The van der Waals surface area contributed by atoms with Crippen molar-refractivity contribution in [3.05, 3.63) is 41.6 Å². The summed E-state index contributed by atoms with van der Waals surface area (Å²) in [6.45, 7) is 2.01. The zero-order valence-corrected chi connectivity index (χ0v) is 12.2. The number of rotatable bonds is 3. The van der Waals surface area contributed by atoms with E-state index in [1.807, 2.05) is 32.2 Å². The van der Waals surface area contributed by atoms with Crippen LogP contribution in [0.15, 0.2) is 35.5 Å². The Labute approximate surface area is 121 Å². The van der Waals surface area contributed by atoms with Gasteiger partial charge in [-0.1, -0.05) is 30.0 Å². The van der Waals surface area contributed by atoms with E-state index in [1.54, 1.807) is 16.3 Å². The Morgan fingerprint density at radius 3 is 2.80 bits per heavy atom. The predicted octanol–water partition coefficient (Wildman–Crippen LogP) is 2.55. The molecule has 5 nitrogen and oxygen atoms in total. The molecule has 2 heterocycles. The van der Waals surface area contributed by atoms with Crippen LogP contribution in [0, 0.1) is 6.92 Å². The van der Waals surface area contributed by atoms with Crippen LogP contribution in [-0.2, 0) is 12.8 Å². The first-order chi connectivity index (χ1) is 9.65. The highest BCUT2D eigenvalue weighted by Gasteiger charge is 2.09. The number of aromatic nitrogens is 4. The maximum absolute atomic E-state index is 5.69. The van der Waals surface area contributed by atoms with Crippen LogP contribution in [-0.4, -0.2) is 19.7 Å². The number of aryl methyl sites for hydroxylation is 1. The third-order valence-electron chi connectivity index (χ3n) is 3.16. The van der Waals surface area contributed by atoms with E-state index in [0.717, 1.165) is 22.1 Å². The van der Waals surface area contributed by atoms with E-state index in [4.69, 9.17) is 5.73 Å². The van der Waals surface area contributed by atoms with E-state index in [9.17, 15) is 0 Å². The molecule has 2 N–H and O–H groups in total. The summed E-state index contributed by atoms with van der Waals surface area (Å²) in [7, 11) is 1.87. The Morgan fingerprint density at radius 2 is 2.05 bits per heavy atom. The fourth-order valence-electron chi connectivity index (χ4n) is 2.11. The Balaban J connectivity index is 1.93. The lowest BCUT2D eigenvalue weighted by molar-refractivity contribution is 0.796. The molecule has 0 unspecified atom stereocenters. The van der Waals surface area contributed by atoms with Crippen molar-refractivity contribution in [2.24, 2.45) is 7.05 Å². The van der Waals surface area contributed by atoms with Gasteiger partial charge in [-0.25, -0.2) is 0 Å². The molecule has 0 aliphatic carbocycles. The second-order valence-electron chi connectivity index (χ2n) is 4.63. The minimum absolute atomic E-state index is 0.434. The third-order valence-corrected chi connectivity index (χ3v) is 4.22. The molecule has 0 saturated heterocycles. The van der Waals surface area contributed by atoms with E-state index in [2.05, 4.69) is 27.3 Å². The number of hydrogen-bond donors (Lipinski definition) is 1. The predicted molar refractivity (Wildman–Crippen MR) is 81.5 cm³/mol. The standard InChI is InChI=1S/C14H15N5S/c1-9-7-10(11-5-3-4-6-12(11)16-9)8-20-14-18-17-13(15)19(14)2/h3-7H,8H2,1-2H3,(H2,15,17). The van der Waals surface area contributed by atoms with E-state index in [1.165, 1.54) is 10.9 Å². The Hall–Kier alpha value is -2.08. The Kier molecular flexibility index (Phi) is 3.31. The number of fused-ring (bicyclic) bond motifs is 1. The molecule has 0 amide bonds. The lowest BCUT2D eigenvalue weighted by atomic mass is 10.1. The molecular weight excluding hydrogens is 270 g/mol. The van der Waals surface area contributed by atoms with Crippen molar-refractivity contribution in [3.8, 4) is 0 Å². The lowest BCUT2D eigenvalue weighted by Gasteiger charge is -2.07. The molecule has 0 aliphatic rings. The van der Waals surface area contributed by atoms with Gasteiger partial charge in [-0.3, -0.25) is 9.55 Å². The number of para-hydroxylation sites is 1. The molecule has 0 fully saturated rings. The number of thioether (sulfide) groups is 1. The molecule has 20 heavy (non-hydrogen) atoms. The van der Waals surface area contributed by atoms with Gasteiger partial charge in [-0.05, 0) is 24.6 Å². The molecule has 0 radical (unpaired) electrons. The van der Waals surface area contributed by atoms with Gasteiger partial charge in [0, 0.05) is 23.9 Å². The summed E-state index contributed by atoms with van der Waals surface area (Å²) < 4.78 is 1.79. The molecular formula is C14H15N5S. The van der Waals surface area contributed by atoms with E-state index in [0.29, 0.717) is 5.95 Å². The first-order valence-corrected chi connectivity index (χ1v) is 7.26. The van der Waals surface area contributed by atoms with Crippen LogP contribution in [0.2, 0.25) is 0 Å². The van der Waals surface area contributed by atoms with Crippen LogP contribution in [0.25, 0.3) is 10.9 Å². The molecule has 0 bridgehead atoms. The number of nitrogens with two attached hydrogens (primary N) is 1. The summed E-state index contributed by atoms with van der Waals surface area (Å²) in [6.07, 6.45) is 0. The summed E-state index contributed by atoms with van der Waals surface area (Å²) >= 11 is 1.63. The minimum atomic E-state index is 0.434. The molecule has 0 saturated carbocycles. The average Bonchev–Trinajstić information content (AvgIpc) is 2.76. The number of pyridine rings is 1. The number of benzene rings is 1. The van der Waals surface area contributed by atoms with Gasteiger partial charge in [-0.15, -0.1) is 10.2 Å². The van der Waals surface area contributed by atoms with E-state index >= 15 is 0 Å². The molecule has 0 aliphatic heterocycles. The fraction of sp³-hybridized carbons (Fsp3) is 0.214. The molecule has 2 aromatic heterocycles. The summed E-state index contributed by atoms with van der Waals surface area (Å²) in [4.78, 5) is 4.55. The molecule has 102 valence electrons. The van der Waals surface area contributed by atoms with Gasteiger partial charge in [0.2, 0.25) is 5.95 Å². The normalized spacial score (nSPS) is 11.1. The Bertz CT molecular complexity index is 765. The van der Waals surface area contributed by atoms with Crippen molar-refractivity contribution in [2.45, 2.75) is 17.8 Å². The van der Waals surface area contributed by atoms with Gasteiger partial charge in [-0.2, -0.15) is 0 Å². The van der Waals surface area contributed by atoms with Gasteiger partial charge in [0.1, 0.15) is 0 Å². The van der Waals surface area contributed by atoms with Gasteiger partial charge in [0.05, 0.1) is 5.52 Å². The highest BCUT2D eigenvalue weighted by atomic mass is 32.2. The largest absolute Gasteiger partial charge is 0.368 e. The zero-order chi connectivity index (χ0) is 14.1. The summed E-state index contributed by atoms with van der Waals surface area (Å²) in [5, 5.41) is 9.94. The average molecular weight is 285 g/mol. The summed E-state index contributed by atoms with van der Waals surface area (Å²) in [5.41, 5.74) is 8.99. The van der Waals surface area contributed by atoms with Gasteiger partial charge >= 0.3 is 0 Å². The van der Waals surface area contributed by atoms with Crippen LogP contribution in [0.5, 0.6) is 0 Å². The first-order valence-electron chi connectivity index (χ1n) is 6.28. The van der Waals surface area contributed by atoms with Crippen molar-refractivity contribution in [2.75, 3.05) is 5.73 Å². The minimum Gasteiger partial charge on any atom is -0.368 e. The van der Waals surface area contributed by atoms with Crippen molar-refractivity contribution < 1.29 is 0 Å².